The summed E-state index contributed by atoms with van der Waals surface area (Å²) in [7, 11) is 1.63. The molecular weight excluding hydrogens is 290 g/mol. The number of aromatic nitrogens is 1. The number of anilines is 1. The fourth-order valence-corrected chi connectivity index (χ4v) is 2.29. The van der Waals surface area contributed by atoms with Gasteiger partial charge in [-0.05, 0) is 31.4 Å². The Labute approximate surface area is 130 Å². The van der Waals surface area contributed by atoms with Crippen LogP contribution in [-0.4, -0.2) is 48.6 Å². The van der Waals surface area contributed by atoms with Crippen molar-refractivity contribution in [3.8, 4) is 0 Å². The van der Waals surface area contributed by atoms with Crippen LogP contribution in [0.2, 0.25) is 5.02 Å². The van der Waals surface area contributed by atoms with Gasteiger partial charge in [0.15, 0.2) is 0 Å². The molecule has 116 valence electrons. The van der Waals surface area contributed by atoms with Crippen molar-refractivity contribution in [3.05, 3.63) is 22.8 Å². The molecule has 2 rings (SSSR count). The minimum absolute atomic E-state index is 0.111. The molecule has 21 heavy (non-hydrogen) atoms. The van der Waals surface area contributed by atoms with E-state index in [1.807, 2.05) is 4.90 Å². The molecule has 1 aliphatic carbocycles. The standard InChI is InChI=1S/C15H22ClN3O2/c1-3-8-17-13-7-6-12(16)14(18-13)15(20)19(9-10-21-2)11-4-5-11/h6-7,11H,3-5,8-10H2,1-2H3,(H,17,18). The Morgan fingerprint density at radius 3 is 2.90 bits per heavy atom. The number of carbonyl (C=O) groups excluding carboxylic acids is 1. The van der Waals surface area contributed by atoms with Gasteiger partial charge in [-0.25, -0.2) is 4.98 Å². The fraction of sp³-hybridized carbons (Fsp3) is 0.600. The van der Waals surface area contributed by atoms with Gasteiger partial charge in [-0.2, -0.15) is 0 Å². The molecular formula is C15H22ClN3O2. The first-order valence-corrected chi connectivity index (χ1v) is 7.75. The van der Waals surface area contributed by atoms with Gasteiger partial charge in [0.1, 0.15) is 11.5 Å². The average Bonchev–Trinajstić information content (AvgIpc) is 3.31. The Hall–Kier alpha value is -1.33. The second-order valence-electron chi connectivity index (χ2n) is 5.18. The first-order valence-electron chi connectivity index (χ1n) is 7.37. The molecule has 1 heterocycles. The molecule has 0 bridgehead atoms. The van der Waals surface area contributed by atoms with E-state index >= 15 is 0 Å². The van der Waals surface area contributed by atoms with Crippen molar-refractivity contribution in [2.45, 2.75) is 32.2 Å². The molecule has 0 atom stereocenters. The van der Waals surface area contributed by atoms with Crippen molar-refractivity contribution in [2.24, 2.45) is 0 Å². The molecule has 0 radical (unpaired) electrons. The Balaban J connectivity index is 2.15. The van der Waals surface area contributed by atoms with Crippen molar-refractivity contribution in [1.29, 1.82) is 0 Å². The number of carbonyl (C=O) groups is 1. The molecule has 1 amide bonds. The van der Waals surface area contributed by atoms with Crippen molar-refractivity contribution >= 4 is 23.3 Å². The third-order valence-electron chi connectivity index (χ3n) is 3.39. The third kappa shape index (κ3) is 4.32. The maximum absolute atomic E-state index is 12.7. The maximum Gasteiger partial charge on any atom is 0.274 e. The minimum atomic E-state index is -0.111. The van der Waals surface area contributed by atoms with E-state index in [1.54, 1.807) is 19.2 Å². The highest BCUT2D eigenvalue weighted by Crippen LogP contribution is 2.29. The predicted octanol–water partition coefficient (Wildman–Crippen LogP) is 2.81. The highest BCUT2D eigenvalue weighted by molar-refractivity contribution is 6.33. The Morgan fingerprint density at radius 1 is 1.52 bits per heavy atom. The molecule has 1 aromatic heterocycles. The van der Waals surface area contributed by atoms with Crippen LogP contribution in [0, 0.1) is 0 Å². The molecule has 1 aliphatic rings. The monoisotopic (exact) mass is 311 g/mol. The number of halogens is 1. The van der Waals surface area contributed by atoms with Gasteiger partial charge in [0.25, 0.3) is 5.91 Å². The quantitative estimate of drug-likeness (QED) is 0.802. The molecule has 5 nitrogen and oxygen atoms in total. The summed E-state index contributed by atoms with van der Waals surface area (Å²) < 4.78 is 5.08. The van der Waals surface area contributed by atoms with E-state index < -0.39 is 0 Å². The SMILES string of the molecule is CCCNc1ccc(Cl)c(C(=O)N(CCOC)C2CC2)n1. The second kappa shape index (κ2) is 7.61. The molecule has 1 fully saturated rings. The first kappa shape index (κ1) is 16.0. The van der Waals surface area contributed by atoms with Gasteiger partial charge in [0, 0.05) is 26.2 Å². The lowest BCUT2D eigenvalue weighted by Crippen LogP contribution is -2.36. The number of hydrogen-bond donors (Lipinski definition) is 1. The summed E-state index contributed by atoms with van der Waals surface area (Å²) in [6.45, 7) is 3.99. The van der Waals surface area contributed by atoms with E-state index in [1.165, 1.54) is 0 Å². The molecule has 6 heteroatoms. The van der Waals surface area contributed by atoms with Crippen molar-refractivity contribution in [1.82, 2.24) is 9.88 Å². The van der Waals surface area contributed by atoms with Gasteiger partial charge >= 0.3 is 0 Å². The Kier molecular flexibility index (Phi) is 5.82. The van der Waals surface area contributed by atoms with Gasteiger partial charge in [-0.15, -0.1) is 0 Å². The van der Waals surface area contributed by atoms with Crippen LogP contribution in [0.25, 0.3) is 0 Å². The highest BCUT2D eigenvalue weighted by atomic mass is 35.5. The van der Waals surface area contributed by atoms with Gasteiger partial charge in [0.2, 0.25) is 0 Å². The zero-order valence-electron chi connectivity index (χ0n) is 12.6. The Morgan fingerprint density at radius 2 is 2.29 bits per heavy atom. The number of nitrogens with one attached hydrogen (secondary N) is 1. The van der Waals surface area contributed by atoms with Crippen LogP contribution in [0.4, 0.5) is 5.82 Å². The maximum atomic E-state index is 12.7. The van der Waals surface area contributed by atoms with Crippen LogP contribution in [0.15, 0.2) is 12.1 Å². The number of pyridine rings is 1. The summed E-state index contributed by atoms with van der Waals surface area (Å²) in [4.78, 5) is 18.9. The minimum Gasteiger partial charge on any atom is -0.383 e. The van der Waals surface area contributed by atoms with E-state index in [0.717, 1.165) is 25.8 Å². The molecule has 0 unspecified atom stereocenters. The molecule has 0 aliphatic heterocycles. The number of amides is 1. The average molecular weight is 312 g/mol. The lowest BCUT2D eigenvalue weighted by atomic mass is 10.3. The number of methoxy groups -OCH3 is 1. The Bertz CT molecular complexity index is 492. The highest BCUT2D eigenvalue weighted by Gasteiger charge is 2.34. The number of nitrogens with zero attached hydrogens (tertiary/aromatic N) is 2. The van der Waals surface area contributed by atoms with E-state index in [2.05, 4.69) is 17.2 Å². The normalized spacial score (nSPS) is 14.0. The van der Waals surface area contributed by atoms with Gasteiger partial charge in [-0.1, -0.05) is 18.5 Å². The molecule has 0 saturated heterocycles. The second-order valence-corrected chi connectivity index (χ2v) is 5.58. The summed E-state index contributed by atoms with van der Waals surface area (Å²) in [6, 6.07) is 3.82. The lowest BCUT2D eigenvalue weighted by molar-refractivity contribution is 0.0675. The van der Waals surface area contributed by atoms with Gasteiger partial charge < -0.3 is 15.0 Å². The van der Waals surface area contributed by atoms with Gasteiger partial charge in [0.05, 0.1) is 11.6 Å². The zero-order valence-corrected chi connectivity index (χ0v) is 13.3. The van der Waals surface area contributed by atoms with E-state index in [0.29, 0.717) is 35.7 Å². The van der Waals surface area contributed by atoms with E-state index in [4.69, 9.17) is 16.3 Å². The topological polar surface area (TPSA) is 54.5 Å². The third-order valence-corrected chi connectivity index (χ3v) is 3.69. The van der Waals surface area contributed by atoms with Crippen LogP contribution in [0.5, 0.6) is 0 Å². The molecule has 0 aromatic carbocycles. The summed E-state index contributed by atoms with van der Waals surface area (Å²) >= 11 is 6.16. The van der Waals surface area contributed by atoms with Crippen LogP contribution < -0.4 is 5.32 Å². The van der Waals surface area contributed by atoms with Crippen LogP contribution >= 0.6 is 11.6 Å². The number of hydrogen-bond acceptors (Lipinski definition) is 4. The van der Waals surface area contributed by atoms with Crippen molar-refractivity contribution in [3.63, 3.8) is 0 Å². The molecule has 1 saturated carbocycles. The van der Waals surface area contributed by atoms with Crippen LogP contribution in [0.1, 0.15) is 36.7 Å². The molecule has 1 aromatic rings. The fourth-order valence-electron chi connectivity index (χ4n) is 2.11. The summed E-state index contributed by atoms with van der Waals surface area (Å²) in [5.41, 5.74) is 0.320. The van der Waals surface area contributed by atoms with Crippen LogP contribution in [-0.2, 0) is 4.74 Å². The smallest absolute Gasteiger partial charge is 0.274 e. The predicted molar refractivity (Wildman–Crippen MR) is 84.0 cm³/mol. The lowest BCUT2D eigenvalue weighted by Gasteiger charge is -2.22. The van der Waals surface area contributed by atoms with Crippen LogP contribution in [0.3, 0.4) is 0 Å². The summed E-state index contributed by atoms with van der Waals surface area (Å²) in [5.74, 6) is 0.576. The zero-order chi connectivity index (χ0) is 15.2. The summed E-state index contributed by atoms with van der Waals surface area (Å²) in [5, 5.41) is 3.57. The van der Waals surface area contributed by atoms with E-state index in [9.17, 15) is 4.79 Å². The van der Waals surface area contributed by atoms with E-state index in [-0.39, 0.29) is 5.91 Å². The van der Waals surface area contributed by atoms with Crippen molar-refractivity contribution in [2.75, 3.05) is 32.1 Å². The number of rotatable bonds is 8. The molecule has 0 spiro atoms. The number of ether oxygens (including phenoxy) is 1. The molecule has 1 N–H and O–H groups in total. The first-order chi connectivity index (χ1) is 10.2. The van der Waals surface area contributed by atoms with Crippen molar-refractivity contribution < 1.29 is 9.53 Å². The summed E-state index contributed by atoms with van der Waals surface area (Å²) in [6.07, 6.45) is 3.08. The largest absolute Gasteiger partial charge is 0.383 e. The van der Waals surface area contributed by atoms with Gasteiger partial charge in [-0.3, -0.25) is 4.79 Å².